The average molecular weight is 609 g/mol. The number of rotatable bonds is 8. The molecule has 6 aromatic rings. The molecule has 0 saturated heterocycles. The van der Waals surface area contributed by atoms with Gasteiger partial charge in [-0.05, 0) is 116 Å². The summed E-state index contributed by atoms with van der Waals surface area (Å²) in [6, 6.07) is 43.5. The Kier molecular flexibility index (Phi) is 8.58. The molecule has 1 aromatic heterocycles. The number of para-hydroxylation sites is 2. The Labute approximate surface area is 278 Å². The molecule has 230 valence electrons. The number of nitrogens with one attached hydrogen (secondary N) is 1. The highest BCUT2D eigenvalue weighted by Crippen LogP contribution is 2.35. The lowest BCUT2D eigenvalue weighted by molar-refractivity contribution is 0.943. The number of allylic oxidation sites excluding steroid dienone is 8. The standard InChI is InChI=1S/C45H40N2/c1-32-19-21-35(22-20-32)30-34(3)41(40-15-8-7-12-33(40)2)17-11-29-46-38-26-23-36(24-27-38)37-25-28-45-43(31-37)42-16-9-10-18-44(42)47(45)39-13-5-4-6-14-39/h4-6,8-11,13-31,46H,7,12H2,1-3H3/b29-11+,34-30-,41-17+. The molecule has 2 nitrogen and oxygen atoms in total. The fourth-order valence-electron chi connectivity index (χ4n) is 6.58. The third-order valence-electron chi connectivity index (χ3n) is 9.12. The van der Waals surface area contributed by atoms with E-state index in [9.17, 15) is 0 Å². The van der Waals surface area contributed by atoms with Crippen LogP contribution >= 0.6 is 0 Å². The molecule has 0 saturated carbocycles. The molecule has 0 aliphatic heterocycles. The largest absolute Gasteiger partial charge is 0.362 e. The van der Waals surface area contributed by atoms with Gasteiger partial charge in [0, 0.05) is 28.3 Å². The van der Waals surface area contributed by atoms with E-state index < -0.39 is 0 Å². The van der Waals surface area contributed by atoms with Crippen LogP contribution in [0.1, 0.15) is 37.8 Å². The second kappa shape index (κ2) is 13.4. The van der Waals surface area contributed by atoms with Gasteiger partial charge in [0.25, 0.3) is 0 Å². The van der Waals surface area contributed by atoms with Crippen LogP contribution in [-0.2, 0) is 0 Å². The van der Waals surface area contributed by atoms with Gasteiger partial charge in [-0.15, -0.1) is 0 Å². The molecule has 2 heteroatoms. The zero-order chi connectivity index (χ0) is 32.2. The maximum absolute atomic E-state index is 3.48. The fourth-order valence-corrected chi connectivity index (χ4v) is 6.58. The summed E-state index contributed by atoms with van der Waals surface area (Å²) in [6.45, 7) is 6.60. The van der Waals surface area contributed by atoms with Gasteiger partial charge >= 0.3 is 0 Å². The number of aromatic nitrogens is 1. The van der Waals surface area contributed by atoms with E-state index >= 15 is 0 Å². The van der Waals surface area contributed by atoms with Crippen molar-refractivity contribution in [1.29, 1.82) is 0 Å². The van der Waals surface area contributed by atoms with Gasteiger partial charge < -0.3 is 9.88 Å². The van der Waals surface area contributed by atoms with E-state index in [1.807, 2.05) is 6.20 Å². The van der Waals surface area contributed by atoms with Crippen molar-refractivity contribution in [2.75, 3.05) is 5.32 Å². The van der Waals surface area contributed by atoms with E-state index in [1.165, 1.54) is 72.0 Å². The van der Waals surface area contributed by atoms with Crippen molar-refractivity contribution in [3.05, 3.63) is 185 Å². The lowest BCUT2D eigenvalue weighted by Crippen LogP contribution is -1.97. The molecule has 5 aromatic carbocycles. The molecule has 1 aliphatic rings. The highest BCUT2D eigenvalue weighted by atomic mass is 15.0. The first kappa shape index (κ1) is 30.1. The predicted octanol–water partition coefficient (Wildman–Crippen LogP) is 12.4. The van der Waals surface area contributed by atoms with Crippen molar-refractivity contribution < 1.29 is 0 Å². The molecule has 0 atom stereocenters. The molecule has 0 spiro atoms. The first-order valence-corrected chi connectivity index (χ1v) is 16.5. The van der Waals surface area contributed by atoms with Gasteiger partial charge in [0.15, 0.2) is 0 Å². The maximum atomic E-state index is 3.48. The van der Waals surface area contributed by atoms with E-state index in [0.29, 0.717) is 0 Å². The minimum atomic E-state index is 1.06. The lowest BCUT2D eigenvalue weighted by Gasteiger charge is -2.17. The Morgan fingerprint density at radius 1 is 0.723 bits per heavy atom. The minimum absolute atomic E-state index is 1.06. The summed E-state index contributed by atoms with van der Waals surface area (Å²) in [7, 11) is 0. The Morgan fingerprint density at radius 3 is 2.23 bits per heavy atom. The third kappa shape index (κ3) is 6.41. The summed E-state index contributed by atoms with van der Waals surface area (Å²) in [5.41, 5.74) is 14.9. The van der Waals surface area contributed by atoms with Crippen molar-refractivity contribution >= 4 is 33.6 Å². The minimum Gasteiger partial charge on any atom is -0.362 e. The van der Waals surface area contributed by atoms with Crippen LogP contribution in [0.3, 0.4) is 0 Å². The molecule has 7 rings (SSSR count). The molecular formula is C45H40N2. The number of aryl methyl sites for hydroxylation is 1. The second-order valence-electron chi connectivity index (χ2n) is 12.5. The van der Waals surface area contributed by atoms with E-state index in [2.05, 4.69) is 182 Å². The van der Waals surface area contributed by atoms with Crippen molar-refractivity contribution in [2.24, 2.45) is 0 Å². The number of hydrogen-bond donors (Lipinski definition) is 1. The van der Waals surface area contributed by atoms with Crippen molar-refractivity contribution in [1.82, 2.24) is 4.57 Å². The molecule has 0 fully saturated rings. The van der Waals surface area contributed by atoms with Crippen LogP contribution in [0.4, 0.5) is 5.69 Å². The molecule has 47 heavy (non-hydrogen) atoms. The molecule has 0 amide bonds. The van der Waals surface area contributed by atoms with Gasteiger partial charge in [-0.25, -0.2) is 0 Å². The van der Waals surface area contributed by atoms with Gasteiger partial charge in [-0.2, -0.15) is 0 Å². The van der Waals surface area contributed by atoms with Gasteiger partial charge in [-0.3, -0.25) is 0 Å². The van der Waals surface area contributed by atoms with Crippen LogP contribution in [-0.4, -0.2) is 4.57 Å². The van der Waals surface area contributed by atoms with Crippen LogP contribution in [0.15, 0.2) is 174 Å². The van der Waals surface area contributed by atoms with Crippen LogP contribution in [0.25, 0.3) is 44.7 Å². The van der Waals surface area contributed by atoms with Crippen LogP contribution < -0.4 is 5.32 Å². The van der Waals surface area contributed by atoms with Crippen molar-refractivity contribution in [3.8, 4) is 16.8 Å². The van der Waals surface area contributed by atoms with E-state index in [1.54, 1.807) is 0 Å². The summed E-state index contributed by atoms with van der Waals surface area (Å²) in [5.74, 6) is 0. The number of anilines is 1. The SMILES string of the molecule is CC1=C(C(=C/C=C/Nc2ccc(-c3ccc4c(c3)c3ccccc3n4-c3ccccc3)cc2)/C(C)=C\c2ccc(C)cc2)C=CCC1. The summed E-state index contributed by atoms with van der Waals surface area (Å²) in [5, 5.41) is 6.01. The normalized spacial score (nSPS) is 14.1. The van der Waals surface area contributed by atoms with Gasteiger partial charge in [0.05, 0.1) is 11.0 Å². The zero-order valence-corrected chi connectivity index (χ0v) is 27.4. The topological polar surface area (TPSA) is 17.0 Å². The smallest absolute Gasteiger partial charge is 0.0541 e. The Hall–Kier alpha value is -5.60. The molecule has 0 unspecified atom stereocenters. The quantitative estimate of drug-likeness (QED) is 0.170. The maximum Gasteiger partial charge on any atom is 0.0541 e. The lowest BCUT2D eigenvalue weighted by atomic mass is 9.88. The van der Waals surface area contributed by atoms with Crippen LogP contribution in [0.5, 0.6) is 0 Å². The molecule has 0 radical (unpaired) electrons. The van der Waals surface area contributed by atoms with Crippen molar-refractivity contribution in [2.45, 2.75) is 33.6 Å². The number of hydrogen-bond acceptors (Lipinski definition) is 1. The zero-order valence-electron chi connectivity index (χ0n) is 27.4. The van der Waals surface area contributed by atoms with E-state index in [-0.39, 0.29) is 0 Å². The molecule has 1 heterocycles. The Morgan fingerprint density at radius 2 is 1.45 bits per heavy atom. The first-order chi connectivity index (χ1) is 23.0. The highest BCUT2D eigenvalue weighted by molar-refractivity contribution is 6.10. The fraction of sp³-hybridized carbons (Fsp3) is 0.111. The Bertz CT molecular complexity index is 2200. The summed E-state index contributed by atoms with van der Waals surface area (Å²) >= 11 is 0. The molecular weight excluding hydrogens is 569 g/mol. The Balaban J connectivity index is 1.13. The predicted molar refractivity (Wildman–Crippen MR) is 203 cm³/mol. The summed E-state index contributed by atoms with van der Waals surface area (Å²) in [6.07, 6.45) is 15.5. The molecule has 1 aliphatic carbocycles. The van der Waals surface area contributed by atoms with E-state index in [0.717, 1.165) is 18.5 Å². The van der Waals surface area contributed by atoms with E-state index in [4.69, 9.17) is 0 Å². The average Bonchev–Trinajstić information content (AvgIpc) is 3.44. The van der Waals surface area contributed by atoms with Crippen LogP contribution in [0, 0.1) is 6.92 Å². The number of fused-ring (bicyclic) bond motifs is 3. The first-order valence-electron chi connectivity index (χ1n) is 16.5. The summed E-state index contributed by atoms with van der Waals surface area (Å²) in [4.78, 5) is 0. The monoisotopic (exact) mass is 608 g/mol. The third-order valence-corrected chi connectivity index (χ3v) is 9.12. The second-order valence-corrected chi connectivity index (χ2v) is 12.5. The molecule has 0 bridgehead atoms. The number of nitrogens with zero attached hydrogens (tertiary/aromatic N) is 1. The summed E-state index contributed by atoms with van der Waals surface area (Å²) < 4.78 is 2.36. The van der Waals surface area contributed by atoms with Gasteiger partial charge in [-0.1, -0.05) is 114 Å². The number of benzene rings is 5. The molecule has 1 N–H and O–H groups in total. The van der Waals surface area contributed by atoms with Crippen molar-refractivity contribution in [3.63, 3.8) is 0 Å². The highest BCUT2D eigenvalue weighted by Gasteiger charge is 2.13. The van der Waals surface area contributed by atoms with Crippen LogP contribution in [0.2, 0.25) is 0 Å². The van der Waals surface area contributed by atoms with Gasteiger partial charge in [0.2, 0.25) is 0 Å². The van der Waals surface area contributed by atoms with Gasteiger partial charge in [0.1, 0.15) is 0 Å².